The van der Waals surface area contributed by atoms with Crippen molar-refractivity contribution in [2.24, 2.45) is 0 Å². The number of carbonyl (C=O) groups is 1. The van der Waals surface area contributed by atoms with Crippen LogP contribution in [0.25, 0.3) is 10.9 Å². The first kappa shape index (κ1) is 14.3. The van der Waals surface area contributed by atoms with Crippen LogP contribution < -0.4 is 10.2 Å². The van der Waals surface area contributed by atoms with E-state index in [1.807, 2.05) is 17.9 Å². The molecule has 120 valence electrons. The highest BCUT2D eigenvalue weighted by molar-refractivity contribution is 5.92. The van der Waals surface area contributed by atoms with Crippen molar-refractivity contribution in [1.29, 1.82) is 0 Å². The highest BCUT2D eigenvalue weighted by atomic mass is 16.2. The summed E-state index contributed by atoms with van der Waals surface area (Å²) in [6.07, 6.45) is 2.20. The maximum Gasteiger partial charge on any atom is 0.317 e. The predicted molar refractivity (Wildman–Crippen MR) is 91.8 cm³/mol. The number of rotatable bonds is 2. The number of pyridine rings is 1. The number of para-hydroxylation sites is 1. The minimum atomic E-state index is 0.0904. The van der Waals surface area contributed by atoms with Crippen LogP contribution in [-0.2, 0) is 0 Å². The second-order valence-corrected chi connectivity index (χ2v) is 6.47. The number of carbonyl (C=O) groups excluding carboxylic acids is 1. The van der Waals surface area contributed by atoms with Gasteiger partial charge < -0.3 is 15.1 Å². The third-order valence-electron chi connectivity index (χ3n) is 4.89. The Balaban J connectivity index is 1.66. The van der Waals surface area contributed by atoms with Gasteiger partial charge in [0, 0.05) is 42.9 Å². The number of urea groups is 1. The van der Waals surface area contributed by atoms with E-state index < -0.39 is 0 Å². The van der Waals surface area contributed by atoms with Gasteiger partial charge in [-0.2, -0.15) is 0 Å². The van der Waals surface area contributed by atoms with Crippen LogP contribution in [0.5, 0.6) is 0 Å². The zero-order valence-corrected chi connectivity index (χ0v) is 13.5. The standard InChI is InChI=1S/C18H22N4O/c1-13-11-17(15-6-2-3-7-16(15)20-13)21-9-4-5-14(12-21)22-10-8-19-18(22)23/h2-3,6-7,11,14H,4-5,8-10,12H2,1H3,(H,19,23). The smallest absolute Gasteiger partial charge is 0.317 e. The molecular formula is C18H22N4O. The molecule has 0 radical (unpaired) electrons. The van der Waals surface area contributed by atoms with E-state index in [1.165, 1.54) is 11.1 Å². The summed E-state index contributed by atoms with van der Waals surface area (Å²) >= 11 is 0. The quantitative estimate of drug-likeness (QED) is 0.927. The topological polar surface area (TPSA) is 48.5 Å². The lowest BCUT2D eigenvalue weighted by atomic mass is 10.0. The average Bonchev–Trinajstić information content (AvgIpc) is 3.00. The summed E-state index contributed by atoms with van der Waals surface area (Å²) in [5.74, 6) is 0. The van der Waals surface area contributed by atoms with Crippen LogP contribution in [0.1, 0.15) is 18.5 Å². The maximum atomic E-state index is 12.0. The van der Waals surface area contributed by atoms with E-state index in [2.05, 4.69) is 39.5 Å². The van der Waals surface area contributed by atoms with Crippen molar-refractivity contribution in [1.82, 2.24) is 15.2 Å². The number of aromatic nitrogens is 1. The van der Waals surface area contributed by atoms with Gasteiger partial charge in [-0.3, -0.25) is 4.98 Å². The maximum absolute atomic E-state index is 12.0. The minimum Gasteiger partial charge on any atom is -0.369 e. The minimum absolute atomic E-state index is 0.0904. The van der Waals surface area contributed by atoms with Gasteiger partial charge in [0.2, 0.25) is 0 Å². The zero-order valence-electron chi connectivity index (χ0n) is 13.5. The zero-order chi connectivity index (χ0) is 15.8. The number of fused-ring (bicyclic) bond motifs is 1. The molecule has 1 N–H and O–H groups in total. The summed E-state index contributed by atoms with van der Waals surface area (Å²) in [5, 5.41) is 4.12. The Hall–Kier alpha value is -2.30. The Morgan fingerprint density at radius 2 is 2.13 bits per heavy atom. The number of nitrogens with one attached hydrogen (secondary N) is 1. The summed E-state index contributed by atoms with van der Waals surface area (Å²) in [6, 6.07) is 10.9. The molecule has 1 aromatic carbocycles. The molecular weight excluding hydrogens is 288 g/mol. The number of anilines is 1. The van der Waals surface area contributed by atoms with Gasteiger partial charge in [0.25, 0.3) is 0 Å². The molecule has 2 amide bonds. The first-order valence-electron chi connectivity index (χ1n) is 8.38. The second kappa shape index (κ2) is 5.72. The predicted octanol–water partition coefficient (Wildman–Crippen LogP) is 2.54. The summed E-state index contributed by atoms with van der Waals surface area (Å²) in [4.78, 5) is 21.0. The van der Waals surface area contributed by atoms with Gasteiger partial charge in [-0.05, 0) is 31.9 Å². The lowest BCUT2D eigenvalue weighted by Crippen LogP contribution is -2.49. The summed E-state index contributed by atoms with van der Waals surface area (Å²) < 4.78 is 0. The Morgan fingerprint density at radius 1 is 1.26 bits per heavy atom. The van der Waals surface area contributed by atoms with E-state index in [0.717, 1.165) is 50.2 Å². The molecule has 4 rings (SSSR count). The molecule has 1 unspecified atom stereocenters. The fourth-order valence-corrected chi connectivity index (χ4v) is 3.81. The molecule has 23 heavy (non-hydrogen) atoms. The normalized spacial score (nSPS) is 21.8. The van der Waals surface area contributed by atoms with Gasteiger partial charge in [-0.15, -0.1) is 0 Å². The van der Waals surface area contributed by atoms with Crippen molar-refractivity contribution in [3.8, 4) is 0 Å². The number of benzene rings is 1. The van der Waals surface area contributed by atoms with Crippen LogP contribution in [-0.4, -0.2) is 48.1 Å². The second-order valence-electron chi connectivity index (χ2n) is 6.47. The number of hydrogen-bond donors (Lipinski definition) is 1. The fraction of sp³-hybridized carbons (Fsp3) is 0.444. The van der Waals surface area contributed by atoms with Crippen LogP contribution in [0.4, 0.5) is 10.5 Å². The molecule has 5 nitrogen and oxygen atoms in total. The summed E-state index contributed by atoms with van der Waals surface area (Å²) in [7, 11) is 0. The number of hydrogen-bond acceptors (Lipinski definition) is 3. The van der Waals surface area contributed by atoms with Crippen molar-refractivity contribution >= 4 is 22.6 Å². The molecule has 1 atom stereocenters. The summed E-state index contributed by atoms with van der Waals surface area (Å²) in [5.41, 5.74) is 3.33. The lowest BCUT2D eigenvalue weighted by molar-refractivity contribution is 0.189. The average molecular weight is 310 g/mol. The molecule has 2 aliphatic rings. The number of aryl methyl sites for hydroxylation is 1. The van der Waals surface area contributed by atoms with Crippen LogP contribution in [0.3, 0.4) is 0 Å². The van der Waals surface area contributed by atoms with Crippen LogP contribution in [0.2, 0.25) is 0 Å². The lowest BCUT2D eigenvalue weighted by Gasteiger charge is -2.38. The number of nitrogens with zero attached hydrogens (tertiary/aromatic N) is 3. The van der Waals surface area contributed by atoms with Crippen LogP contribution in [0.15, 0.2) is 30.3 Å². The molecule has 2 aliphatic heterocycles. The Bertz CT molecular complexity index is 745. The monoisotopic (exact) mass is 310 g/mol. The Labute approximate surface area is 136 Å². The van der Waals surface area contributed by atoms with E-state index in [9.17, 15) is 4.79 Å². The van der Waals surface area contributed by atoms with E-state index >= 15 is 0 Å². The third kappa shape index (κ3) is 2.60. The fourth-order valence-electron chi connectivity index (χ4n) is 3.81. The van der Waals surface area contributed by atoms with Crippen molar-refractivity contribution in [2.45, 2.75) is 25.8 Å². The van der Waals surface area contributed by atoms with Gasteiger partial charge in [-0.25, -0.2) is 4.79 Å². The van der Waals surface area contributed by atoms with Crippen molar-refractivity contribution < 1.29 is 4.79 Å². The highest BCUT2D eigenvalue weighted by Crippen LogP contribution is 2.30. The highest BCUT2D eigenvalue weighted by Gasteiger charge is 2.31. The first-order valence-corrected chi connectivity index (χ1v) is 8.38. The van der Waals surface area contributed by atoms with E-state index in [-0.39, 0.29) is 6.03 Å². The van der Waals surface area contributed by atoms with Crippen molar-refractivity contribution in [2.75, 3.05) is 31.1 Å². The SMILES string of the molecule is Cc1cc(N2CCCC(N3CCNC3=O)C2)c2ccccc2n1. The van der Waals surface area contributed by atoms with Gasteiger partial charge >= 0.3 is 6.03 Å². The van der Waals surface area contributed by atoms with Gasteiger partial charge in [0.1, 0.15) is 0 Å². The third-order valence-corrected chi connectivity index (χ3v) is 4.89. The van der Waals surface area contributed by atoms with E-state index in [1.54, 1.807) is 0 Å². The molecule has 0 bridgehead atoms. The molecule has 0 spiro atoms. The first-order chi connectivity index (χ1) is 11.2. The molecule has 3 heterocycles. The molecule has 2 saturated heterocycles. The Morgan fingerprint density at radius 3 is 2.96 bits per heavy atom. The van der Waals surface area contributed by atoms with Gasteiger partial charge in [-0.1, -0.05) is 18.2 Å². The molecule has 0 saturated carbocycles. The van der Waals surface area contributed by atoms with Gasteiger partial charge in [0.05, 0.1) is 11.6 Å². The summed E-state index contributed by atoms with van der Waals surface area (Å²) in [6.45, 7) is 5.59. The van der Waals surface area contributed by atoms with Crippen LogP contribution in [0, 0.1) is 6.92 Å². The molecule has 1 aromatic heterocycles. The molecule has 0 aliphatic carbocycles. The Kier molecular flexibility index (Phi) is 3.56. The number of piperidine rings is 1. The van der Waals surface area contributed by atoms with Gasteiger partial charge in [0.15, 0.2) is 0 Å². The molecule has 5 heteroatoms. The molecule has 2 aromatic rings. The largest absolute Gasteiger partial charge is 0.369 e. The van der Waals surface area contributed by atoms with Crippen molar-refractivity contribution in [3.05, 3.63) is 36.0 Å². The molecule has 2 fully saturated rings. The van der Waals surface area contributed by atoms with E-state index in [0.29, 0.717) is 6.04 Å². The van der Waals surface area contributed by atoms with E-state index in [4.69, 9.17) is 0 Å². The van der Waals surface area contributed by atoms with Crippen LogP contribution >= 0.6 is 0 Å². The number of amides is 2. The van der Waals surface area contributed by atoms with Crippen molar-refractivity contribution in [3.63, 3.8) is 0 Å².